The van der Waals surface area contributed by atoms with E-state index in [0.717, 1.165) is 10.7 Å². The summed E-state index contributed by atoms with van der Waals surface area (Å²) in [6.07, 6.45) is 0. The van der Waals surface area contributed by atoms with Crippen molar-refractivity contribution in [3.05, 3.63) is 46.4 Å². The predicted octanol–water partition coefficient (Wildman–Crippen LogP) is 2.96. The van der Waals surface area contributed by atoms with Gasteiger partial charge in [-0.2, -0.15) is 0 Å². The molecule has 0 bridgehead atoms. The normalized spacial score (nSPS) is 10.6. The van der Waals surface area contributed by atoms with Gasteiger partial charge in [0.25, 0.3) is 5.91 Å². The number of nitrogens with one attached hydrogen (secondary N) is 1. The Morgan fingerprint density at radius 2 is 2.10 bits per heavy atom. The molecule has 1 amide bonds. The molecule has 0 saturated heterocycles. The van der Waals surface area contributed by atoms with Crippen LogP contribution < -0.4 is 10.1 Å². The summed E-state index contributed by atoms with van der Waals surface area (Å²) in [4.78, 5) is 16.1. The molecule has 0 spiro atoms. The van der Waals surface area contributed by atoms with Gasteiger partial charge >= 0.3 is 0 Å². The summed E-state index contributed by atoms with van der Waals surface area (Å²) in [6.45, 7) is 4.68. The average molecular weight is 290 g/mol. The number of amides is 1. The predicted molar refractivity (Wildman–Crippen MR) is 80.0 cm³/mol. The highest BCUT2D eigenvalue weighted by atomic mass is 32.1. The number of carbonyl (C=O) groups excluding carboxylic acids is 1. The first-order valence-electron chi connectivity index (χ1n) is 6.54. The fraction of sp³-hybridized carbons (Fsp3) is 0.333. The van der Waals surface area contributed by atoms with E-state index in [4.69, 9.17) is 4.74 Å². The number of hydrogen-bond acceptors (Lipinski definition) is 4. The number of para-hydroxylation sites is 1. The SMILES string of the molecule is CC(C)c1nc(CNC(=O)COc2ccccc2)cs1. The number of rotatable bonds is 6. The molecule has 0 fully saturated rings. The van der Waals surface area contributed by atoms with Crippen molar-refractivity contribution in [3.8, 4) is 5.75 Å². The van der Waals surface area contributed by atoms with Gasteiger partial charge in [-0.3, -0.25) is 4.79 Å². The molecular weight excluding hydrogens is 272 g/mol. The Morgan fingerprint density at radius 3 is 2.75 bits per heavy atom. The quantitative estimate of drug-likeness (QED) is 0.890. The smallest absolute Gasteiger partial charge is 0.258 e. The van der Waals surface area contributed by atoms with Crippen molar-refractivity contribution in [1.82, 2.24) is 10.3 Å². The molecule has 1 heterocycles. The van der Waals surface area contributed by atoms with E-state index >= 15 is 0 Å². The number of hydrogen-bond donors (Lipinski definition) is 1. The highest BCUT2D eigenvalue weighted by molar-refractivity contribution is 7.09. The minimum Gasteiger partial charge on any atom is -0.484 e. The van der Waals surface area contributed by atoms with Crippen LogP contribution in [0.1, 0.15) is 30.5 Å². The van der Waals surface area contributed by atoms with Gasteiger partial charge in [0, 0.05) is 11.3 Å². The Kier molecular flexibility index (Phi) is 5.12. The summed E-state index contributed by atoms with van der Waals surface area (Å²) in [7, 11) is 0. The van der Waals surface area contributed by atoms with Crippen LogP contribution in [0.3, 0.4) is 0 Å². The Balaban J connectivity index is 1.74. The van der Waals surface area contributed by atoms with E-state index in [1.807, 2.05) is 35.7 Å². The molecule has 2 rings (SSSR count). The molecule has 1 aromatic heterocycles. The Labute approximate surface area is 122 Å². The zero-order chi connectivity index (χ0) is 14.4. The van der Waals surface area contributed by atoms with Crippen LogP contribution in [0.15, 0.2) is 35.7 Å². The van der Waals surface area contributed by atoms with Gasteiger partial charge in [0.05, 0.1) is 17.2 Å². The maximum Gasteiger partial charge on any atom is 0.258 e. The molecule has 1 aromatic carbocycles. The Bertz CT molecular complexity index is 552. The van der Waals surface area contributed by atoms with Crippen LogP contribution in [0.2, 0.25) is 0 Å². The third-order valence-corrected chi connectivity index (χ3v) is 3.84. The van der Waals surface area contributed by atoms with Crippen molar-refractivity contribution in [3.63, 3.8) is 0 Å². The second-order valence-electron chi connectivity index (χ2n) is 4.71. The number of ether oxygens (including phenoxy) is 1. The molecule has 0 saturated carbocycles. The largest absolute Gasteiger partial charge is 0.484 e. The monoisotopic (exact) mass is 290 g/mol. The Morgan fingerprint density at radius 1 is 1.35 bits per heavy atom. The fourth-order valence-corrected chi connectivity index (χ4v) is 2.41. The minimum absolute atomic E-state index is 0.0190. The molecule has 4 nitrogen and oxygen atoms in total. The van der Waals surface area contributed by atoms with Gasteiger partial charge in [0.1, 0.15) is 5.75 Å². The van der Waals surface area contributed by atoms with Crippen LogP contribution in [-0.4, -0.2) is 17.5 Å². The van der Waals surface area contributed by atoms with Gasteiger partial charge in [-0.1, -0.05) is 32.0 Å². The standard InChI is InChI=1S/C15H18N2O2S/c1-11(2)15-17-12(10-20-15)8-16-14(18)9-19-13-6-4-3-5-7-13/h3-7,10-11H,8-9H2,1-2H3,(H,16,18). The van der Waals surface area contributed by atoms with Gasteiger partial charge in [-0.15, -0.1) is 11.3 Å². The lowest BCUT2D eigenvalue weighted by molar-refractivity contribution is -0.123. The fourth-order valence-electron chi connectivity index (χ4n) is 1.57. The third kappa shape index (κ3) is 4.35. The van der Waals surface area contributed by atoms with Crippen molar-refractivity contribution < 1.29 is 9.53 Å². The van der Waals surface area contributed by atoms with Crippen LogP contribution in [0, 0.1) is 0 Å². The zero-order valence-electron chi connectivity index (χ0n) is 11.6. The van der Waals surface area contributed by atoms with Crippen LogP contribution in [0.25, 0.3) is 0 Å². The number of thiazole rings is 1. The first-order valence-corrected chi connectivity index (χ1v) is 7.42. The molecule has 0 radical (unpaired) electrons. The molecule has 0 aliphatic rings. The van der Waals surface area contributed by atoms with Gasteiger partial charge in [-0.25, -0.2) is 4.98 Å². The first kappa shape index (κ1) is 14.5. The number of nitrogens with zero attached hydrogens (tertiary/aromatic N) is 1. The van der Waals surface area contributed by atoms with E-state index in [9.17, 15) is 4.79 Å². The molecule has 0 atom stereocenters. The number of benzene rings is 1. The lowest BCUT2D eigenvalue weighted by Gasteiger charge is -2.06. The van der Waals surface area contributed by atoms with Crippen molar-refractivity contribution in [2.24, 2.45) is 0 Å². The highest BCUT2D eigenvalue weighted by Gasteiger charge is 2.07. The summed E-state index contributed by atoms with van der Waals surface area (Å²) in [5, 5.41) is 5.87. The minimum atomic E-state index is -0.145. The maximum absolute atomic E-state index is 11.7. The summed E-state index contributed by atoms with van der Waals surface area (Å²) >= 11 is 1.63. The molecule has 0 aliphatic carbocycles. The Hall–Kier alpha value is -1.88. The topological polar surface area (TPSA) is 51.2 Å². The van der Waals surface area contributed by atoms with Gasteiger partial charge in [0.2, 0.25) is 0 Å². The van der Waals surface area contributed by atoms with Crippen LogP contribution in [-0.2, 0) is 11.3 Å². The molecule has 2 aromatic rings. The lowest BCUT2D eigenvalue weighted by Crippen LogP contribution is -2.28. The molecule has 20 heavy (non-hydrogen) atoms. The highest BCUT2D eigenvalue weighted by Crippen LogP contribution is 2.18. The second kappa shape index (κ2) is 7.05. The van der Waals surface area contributed by atoms with E-state index in [1.54, 1.807) is 11.3 Å². The average Bonchev–Trinajstić information content (AvgIpc) is 2.93. The van der Waals surface area contributed by atoms with E-state index in [1.165, 1.54) is 0 Å². The molecular formula is C15H18N2O2S. The first-order chi connectivity index (χ1) is 9.65. The van der Waals surface area contributed by atoms with Gasteiger partial charge in [0.15, 0.2) is 6.61 Å². The number of carbonyl (C=O) groups is 1. The van der Waals surface area contributed by atoms with Crippen molar-refractivity contribution in [2.75, 3.05) is 6.61 Å². The van der Waals surface area contributed by atoms with Crippen LogP contribution >= 0.6 is 11.3 Å². The second-order valence-corrected chi connectivity index (χ2v) is 5.60. The van der Waals surface area contributed by atoms with Crippen LogP contribution in [0.4, 0.5) is 0 Å². The molecule has 0 aliphatic heterocycles. The van der Waals surface area contributed by atoms with Crippen molar-refractivity contribution >= 4 is 17.2 Å². The van der Waals surface area contributed by atoms with E-state index in [2.05, 4.69) is 24.1 Å². The summed E-state index contributed by atoms with van der Waals surface area (Å²) in [5.74, 6) is 0.970. The molecule has 5 heteroatoms. The molecule has 106 valence electrons. The molecule has 1 N–H and O–H groups in total. The maximum atomic E-state index is 11.7. The van der Waals surface area contributed by atoms with E-state index in [0.29, 0.717) is 18.2 Å². The van der Waals surface area contributed by atoms with Crippen molar-refractivity contribution in [1.29, 1.82) is 0 Å². The number of aromatic nitrogens is 1. The molecule has 0 unspecified atom stereocenters. The lowest BCUT2D eigenvalue weighted by atomic mass is 10.2. The van der Waals surface area contributed by atoms with Gasteiger partial charge < -0.3 is 10.1 Å². The van der Waals surface area contributed by atoms with Crippen LogP contribution in [0.5, 0.6) is 5.75 Å². The summed E-state index contributed by atoms with van der Waals surface area (Å²) in [5.41, 5.74) is 0.895. The summed E-state index contributed by atoms with van der Waals surface area (Å²) < 4.78 is 5.37. The van der Waals surface area contributed by atoms with Gasteiger partial charge in [-0.05, 0) is 12.1 Å². The summed E-state index contributed by atoms with van der Waals surface area (Å²) in [6, 6.07) is 9.29. The zero-order valence-corrected chi connectivity index (χ0v) is 12.4. The van der Waals surface area contributed by atoms with Crippen molar-refractivity contribution in [2.45, 2.75) is 26.3 Å². The third-order valence-electron chi connectivity index (χ3n) is 2.64. The van der Waals surface area contributed by atoms with E-state index in [-0.39, 0.29) is 12.5 Å². The van der Waals surface area contributed by atoms with E-state index < -0.39 is 0 Å².